The SMILES string of the molecule is CCOC(=O)c1ccc(N2C[C@@H](C(=O)OCC(=O)Nc3ccc(F)cc3)CC2=O)cc1. The fourth-order valence-corrected chi connectivity index (χ4v) is 3.09. The van der Waals surface area contributed by atoms with Crippen molar-refractivity contribution in [2.75, 3.05) is 30.0 Å². The van der Waals surface area contributed by atoms with Gasteiger partial charge in [-0.15, -0.1) is 0 Å². The lowest BCUT2D eigenvalue weighted by Crippen LogP contribution is -2.28. The summed E-state index contributed by atoms with van der Waals surface area (Å²) in [4.78, 5) is 49.7. The molecule has 1 heterocycles. The number of benzene rings is 2. The topological polar surface area (TPSA) is 102 Å². The van der Waals surface area contributed by atoms with E-state index in [-0.39, 0.29) is 25.5 Å². The number of hydrogen-bond acceptors (Lipinski definition) is 6. The first kappa shape index (κ1) is 21.9. The highest BCUT2D eigenvalue weighted by Crippen LogP contribution is 2.26. The maximum atomic E-state index is 12.9. The summed E-state index contributed by atoms with van der Waals surface area (Å²) in [5.74, 6) is -3.10. The van der Waals surface area contributed by atoms with Gasteiger partial charge in [0.1, 0.15) is 5.82 Å². The Hall–Kier alpha value is -3.75. The predicted octanol–water partition coefficient (Wildman–Crippen LogP) is 2.54. The molecule has 1 atom stereocenters. The Kier molecular flexibility index (Phi) is 6.96. The third kappa shape index (κ3) is 5.65. The zero-order valence-corrected chi connectivity index (χ0v) is 16.8. The number of carbonyl (C=O) groups excluding carboxylic acids is 4. The third-order valence-corrected chi connectivity index (χ3v) is 4.62. The van der Waals surface area contributed by atoms with Crippen molar-refractivity contribution in [1.82, 2.24) is 0 Å². The molecule has 1 aliphatic rings. The summed E-state index contributed by atoms with van der Waals surface area (Å²) < 4.78 is 22.8. The molecule has 0 unspecified atom stereocenters. The highest BCUT2D eigenvalue weighted by atomic mass is 19.1. The van der Waals surface area contributed by atoms with E-state index in [1.165, 1.54) is 29.2 Å². The van der Waals surface area contributed by atoms with E-state index in [0.29, 0.717) is 16.9 Å². The van der Waals surface area contributed by atoms with Crippen LogP contribution in [0.25, 0.3) is 0 Å². The molecular weight excluding hydrogens is 407 g/mol. The second kappa shape index (κ2) is 9.84. The number of anilines is 2. The number of nitrogens with zero attached hydrogens (tertiary/aromatic N) is 1. The quantitative estimate of drug-likeness (QED) is 0.680. The van der Waals surface area contributed by atoms with Crippen molar-refractivity contribution in [3.05, 3.63) is 59.9 Å². The number of hydrogen-bond donors (Lipinski definition) is 1. The van der Waals surface area contributed by atoms with Gasteiger partial charge in [0.2, 0.25) is 5.91 Å². The van der Waals surface area contributed by atoms with Crippen LogP contribution in [0.2, 0.25) is 0 Å². The molecule has 0 radical (unpaired) electrons. The van der Waals surface area contributed by atoms with E-state index >= 15 is 0 Å². The molecule has 0 spiro atoms. The lowest BCUT2D eigenvalue weighted by atomic mass is 10.1. The first-order valence-corrected chi connectivity index (χ1v) is 9.67. The zero-order chi connectivity index (χ0) is 22.4. The Morgan fingerprint density at radius 3 is 2.39 bits per heavy atom. The van der Waals surface area contributed by atoms with Crippen LogP contribution in [0, 0.1) is 11.7 Å². The number of carbonyl (C=O) groups is 4. The predicted molar refractivity (Wildman–Crippen MR) is 109 cm³/mol. The minimum absolute atomic E-state index is 0.0436. The van der Waals surface area contributed by atoms with Crippen molar-refractivity contribution < 1.29 is 33.0 Å². The monoisotopic (exact) mass is 428 g/mol. The molecule has 0 saturated carbocycles. The summed E-state index contributed by atoms with van der Waals surface area (Å²) in [5, 5.41) is 2.48. The molecule has 2 aromatic carbocycles. The molecule has 8 nitrogen and oxygen atoms in total. The Morgan fingerprint density at radius 2 is 1.74 bits per heavy atom. The number of ether oxygens (including phenoxy) is 2. The minimum atomic E-state index is -0.712. The number of esters is 2. The summed E-state index contributed by atoms with van der Waals surface area (Å²) in [5.41, 5.74) is 1.28. The molecule has 9 heteroatoms. The first-order chi connectivity index (χ1) is 14.9. The van der Waals surface area contributed by atoms with Crippen LogP contribution in [0.5, 0.6) is 0 Å². The van der Waals surface area contributed by atoms with E-state index in [9.17, 15) is 23.6 Å². The molecular formula is C22H21FN2O6. The van der Waals surface area contributed by atoms with Gasteiger partial charge in [-0.3, -0.25) is 14.4 Å². The second-order valence-electron chi connectivity index (χ2n) is 6.84. The Balaban J connectivity index is 1.52. The van der Waals surface area contributed by atoms with Crippen LogP contribution in [-0.4, -0.2) is 43.5 Å². The van der Waals surface area contributed by atoms with Crippen LogP contribution in [-0.2, 0) is 23.9 Å². The first-order valence-electron chi connectivity index (χ1n) is 9.67. The van der Waals surface area contributed by atoms with Crippen molar-refractivity contribution in [2.24, 2.45) is 5.92 Å². The normalized spacial score (nSPS) is 15.5. The molecule has 2 amide bonds. The summed E-state index contributed by atoms with van der Waals surface area (Å²) in [6, 6.07) is 11.5. The van der Waals surface area contributed by atoms with Gasteiger partial charge in [-0.2, -0.15) is 0 Å². The number of nitrogens with one attached hydrogen (secondary N) is 1. The lowest BCUT2D eigenvalue weighted by molar-refractivity contribution is -0.151. The Labute approximate surface area is 177 Å². The van der Waals surface area contributed by atoms with Gasteiger partial charge in [-0.25, -0.2) is 9.18 Å². The molecule has 31 heavy (non-hydrogen) atoms. The maximum absolute atomic E-state index is 12.9. The van der Waals surface area contributed by atoms with Crippen LogP contribution in [0.15, 0.2) is 48.5 Å². The van der Waals surface area contributed by atoms with E-state index in [1.54, 1.807) is 31.2 Å². The average Bonchev–Trinajstić information content (AvgIpc) is 3.15. The van der Waals surface area contributed by atoms with Crippen LogP contribution < -0.4 is 10.2 Å². The summed E-state index contributed by atoms with van der Waals surface area (Å²) in [6.45, 7) is 1.56. The largest absolute Gasteiger partial charge is 0.462 e. The molecule has 3 rings (SSSR count). The second-order valence-corrected chi connectivity index (χ2v) is 6.84. The number of rotatable bonds is 7. The van der Waals surface area contributed by atoms with Gasteiger partial charge in [0, 0.05) is 24.3 Å². The third-order valence-electron chi connectivity index (χ3n) is 4.62. The van der Waals surface area contributed by atoms with Crippen molar-refractivity contribution >= 4 is 35.1 Å². The lowest BCUT2D eigenvalue weighted by Gasteiger charge is -2.17. The van der Waals surface area contributed by atoms with Gasteiger partial charge in [0.05, 0.1) is 18.1 Å². The van der Waals surface area contributed by atoms with E-state index < -0.39 is 36.2 Å². The number of halogens is 1. The maximum Gasteiger partial charge on any atom is 0.338 e. The molecule has 0 aliphatic carbocycles. The van der Waals surface area contributed by atoms with Crippen LogP contribution in [0.4, 0.5) is 15.8 Å². The standard InChI is InChI=1S/C22H21FN2O6/c1-2-30-21(28)14-3-9-18(10-4-14)25-12-15(11-20(25)27)22(29)31-13-19(26)24-17-7-5-16(23)6-8-17/h3-10,15H,2,11-13H2,1H3,(H,24,26)/t15-/m0/s1. The van der Waals surface area contributed by atoms with Crippen molar-refractivity contribution in [3.63, 3.8) is 0 Å². The fourth-order valence-electron chi connectivity index (χ4n) is 3.09. The van der Waals surface area contributed by atoms with E-state index in [0.717, 1.165) is 0 Å². The molecule has 0 aromatic heterocycles. The van der Waals surface area contributed by atoms with Crippen LogP contribution in [0.1, 0.15) is 23.7 Å². The average molecular weight is 428 g/mol. The smallest absolute Gasteiger partial charge is 0.338 e. The van der Waals surface area contributed by atoms with Crippen LogP contribution >= 0.6 is 0 Å². The van der Waals surface area contributed by atoms with Gasteiger partial charge in [0.25, 0.3) is 5.91 Å². The molecule has 1 N–H and O–H groups in total. The van der Waals surface area contributed by atoms with E-state index in [4.69, 9.17) is 9.47 Å². The Morgan fingerprint density at radius 1 is 1.06 bits per heavy atom. The van der Waals surface area contributed by atoms with Crippen molar-refractivity contribution in [2.45, 2.75) is 13.3 Å². The Bertz CT molecular complexity index is 975. The molecule has 162 valence electrons. The highest BCUT2D eigenvalue weighted by molar-refractivity contribution is 6.00. The van der Waals surface area contributed by atoms with Gasteiger partial charge in [0.15, 0.2) is 6.61 Å². The number of amides is 2. The molecule has 1 aliphatic heterocycles. The zero-order valence-electron chi connectivity index (χ0n) is 16.8. The van der Waals surface area contributed by atoms with Gasteiger partial charge >= 0.3 is 11.9 Å². The molecule has 1 fully saturated rings. The van der Waals surface area contributed by atoms with E-state index in [1.807, 2.05) is 0 Å². The summed E-state index contributed by atoms with van der Waals surface area (Å²) in [7, 11) is 0. The van der Waals surface area contributed by atoms with Gasteiger partial charge < -0.3 is 19.7 Å². The molecule has 1 saturated heterocycles. The highest BCUT2D eigenvalue weighted by Gasteiger charge is 2.36. The van der Waals surface area contributed by atoms with Crippen molar-refractivity contribution in [3.8, 4) is 0 Å². The van der Waals surface area contributed by atoms with Gasteiger partial charge in [-0.05, 0) is 55.5 Å². The fraction of sp³-hybridized carbons (Fsp3) is 0.273. The summed E-state index contributed by atoms with van der Waals surface area (Å²) in [6.07, 6.45) is -0.0436. The molecule has 2 aromatic rings. The van der Waals surface area contributed by atoms with E-state index in [2.05, 4.69) is 5.32 Å². The van der Waals surface area contributed by atoms with Crippen LogP contribution in [0.3, 0.4) is 0 Å². The van der Waals surface area contributed by atoms with Crippen molar-refractivity contribution in [1.29, 1.82) is 0 Å². The summed E-state index contributed by atoms with van der Waals surface area (Å²) >= 11 is 0. The molecule has 0 bridgehead atoms. The minimum Gasteiger partial charge on any atom is -0.462 e. The van der Waals surface area contributed by atoms with Gasteiger partial charge in [-0.1, -0.05) is 0 Å².